The molecule has 0 bridgehead atoms. The van der Waals surface area contributed by atoms with E-state index >= 15 is 0 Å². The smallest absolute Gasteiger partial charge is 0.336 e. The fourth-order valence-corrected chi connectivity index (χ4v) is 3.49. The van der Waals surface area contributed by atoms with Crippen LogP contribution in [0.3, 0.4) is 0 Å². The molecule has 16 heavy (non-hydrogen) atoms. The van der Waals surface area contributed by atoms with Crippen LogP contribution in [0.25, 0.3) is 0 Å². The molecule has 0 aromatic heterocycles. The molecule has 7 heteroatoms. The van der Waals surface area contributed by atoms with Crippen molar-refractivity contribution >= 4 is 15.8 Å². The summed E-state index contributed by atoms with van der Waals surface area (Å²) in [5, 5.41) is 20.8. The summed E-state index contributed by atoms with van der Waals surface area (Å²) in [5.74, 6) is -0.919. The zero-order chi connectivity index (χ0) is 12.4. The predicted octanol–water partition coefficient (Wildman–Crippen LogP) is -1.15. The Hall–Kier alpha value is -0.660. The first-order valence-corrected chi connectivity index (χ1v) is 6.92. The normalized spacial score (nSPS) is 27.5. The molecule has 94 valence electrons. The minimum atomic E-state index is -2.90. The molecule has 2 unspecified atom stereocenters. The largest absolute Gasteiger partial charge is 0.479 e. The maximum atomic E-state index is 11.1. The van der Waals surface area contributed by atoms with E-state index in [0.717, 1.165) is 0 Å². The van der Waals surface area contributed by atoms with Crippen molar-refractivity contribution in [3.05, 3.63) is 0 Å². The minimum Gasteiger partial charge on any atom is -0.479 e. The topological polar surface area (TPSA) is 104 Å². The van der Waals surface area contributed by atoms with Gasteiger partial charge in [0.2, 0.25) is 0 Å². The van der Waals surface area contributed by atoms with Crippen molar-refractivity contribution in [1.29, 1.82) is 0 Å². The highest BCUT2D eigenvalue weighted by atomic mass is 32.2. The molecule has 0 saturated carbocycles. The maximum Gasteiger partial charge on any atom is 0.336 e. The Morgan fingerprint density at radius 3 is 2.62 bits per heavy atom. The van der Waals surface area contributed by atoms with Gasteiger partial charge in [-0.1, -0.05) is 0 Å². The van der Waals surface area contributed by atoms with Crippen molar-refractivity contribution in [2.75, 3.05) is 24.6 Å². The Bertz CT molecular complexity index is 362. The number of aliphatic carboxylic acids is 1. The van der Waals surface area contributed by atoms with Crippen molar-refractivity contribution in [2.24, 2.45) is 5.92 Å². The lowest BCUT2D eigenvalue weighted by Gasteiger charge is -2.19. The fourth-order valence-electron chi connectivity index (χ4n) is 1.63. The van der Waals surface area contributed by atoms with Crippen molar-refractivity contribution in [2.45, 2.75) is 18.9 Å². The molecule has 0 radical (unpaired) electrons. The van der Waals surface area contributed by atoms with E-state index in [1.165, 1.54) is 6.92 Å². The third kappa shape index (κ3) is 3.73. The van der Waals surface area contributed by atoms with Crippen LogP contribution in [0.4, 0.5) is 0 Å². The molecular formula is C9H17NO5S. The highest BCUT2D eigenvalue weighted by molar-refractivity contribution is 7.91. The van der Waals surface area contributed by atoms with Crippen LogP contribution in [0.15, 0.2) is 0 Å². The van der Waals surface area contributed by atoms with Gasteiger partial charge < -0.3 is 15.5 Å². The zero-order valence-corrected chi connectivity index (χ0v) is 9.96. The third-order valence-corrected chi connectivity index (χ3v) is 4.53. The van der Waals surface area contributed by atoms with Gasteiger partial charge >= 0.3 is 5.97 Å². The molecule has 1 heterocycles. The number of carboxylic acid groups (broad SMARTS) is 1. The summed E-state index contributed by atoms with van der Waals surface area (Å²) in [7, 11) is -2.90. The van der Waals surface area contributed by atoms with Gasteiger partial charge in [0.1, 0.15) is 0 Å². The monoisotopic (exact) mass is 251 g/mol. The summed E-state index contributed by atoms with van der Waals surface area (Å²) in [4.78, 5) is 10.6. The first-order chi connectivity index (χ1) is 7.23. The van der Waals surface area contributed by atoms with Crippen molar-refractivity contribution in [3.8, 4) is 0 Å². The lowest BCUT2D eigenvalue weighted by atomic mass is 10.1. The van der Waals surface area contributed by atoms with E-state index in [2.05, 4.69) is 5.32 Å². The Morgan fingerprint density at radius 1 is 1.56 bits per heavy atom. The van der Waals surface area contributed by atoms with Gasteiger partial charge in [-0.3, -0.25) is 0 Å². The summed E-state index contributed by atoms with van der Waals surface area (Å²) >= 11 is 0. The quantitative estimate of drug-likeness (QED) is 0.570. The number of rotatable bonds is 5. The molecule has 2 atom stereocenters. The fraction of sp³-hybridized carbons (Fsp3) is 0.889. The molecule has 1 aliphatic rings. The summed E-state index contributed by atoms with van der Waals surface area (Å²) in [6, 6.07) is 0. The van der Waals surface area contributed by atoms with Gasteiger partial charge in [0.15, 0.2) is 15.4 Å². The summed E-state index contributed by atoms with van der Waals surface area (Å²) < 4.78 is 22.3. The molecule has 6 nitrogen and oxygen atoms in total. The second kappa shape index (κ2) is 4.68. The first kappa shape index (κ1) is 13.4. The molecular weight excluding hydrogens is 234 g/mol. The highest BCUT2D eigenvalue weighted by Crippen LogP contribution is 2.17. The Kier molecular flexibility index (Phi) is 3.92. The van der Waals surface area contributed by atoms with Crippen LogP contribution in [0.5, 0.6) is 0 Å². The Labute approximate surface area is 94.6 Å². The molecule has 0 aromatic carbocycles. The standard InChI is InChI=1S/C9H17NO5S/c1-9(13,8(11)12)6-10-4-7-2-3-16(14,15)5-7/h7,10,13H,2-6H2,1H3,(H,11,12). The van der Waals surface area contributed by atoms with Crippen LogP contribution < -0.4 is 5.32 Å². The number of aliphatic hydroxyl groups is 1. The number of nitrogens with one attached hydrogen (secondary N) is 1. The van der Waals surface area contributed by atoms with E-state index in [1.54, 1.807) is 0 Å². The predicted molar refractivity (Wildman–Crippen MR) is 57.9 cm³/mol. The molecule has 1 rings (SSSR count). The summed E-state index contributed by atoms with van der Waals surface area (Å²) in [5.41, 5.74) is -1.81. The molecule has 0 aliphatic carbocycles. The van der Waals surface area contributed by atoms with Gasteiger partial charge in [0.25, 0.3) is 0 Å². The minimum absolute atomic E-state index is 0.0228. The maximum absolute atomic E-state index is 11.1. The van der Waals surface area contributed by atoms with Crippen molar-refractivity contribution in [1.82, 2.24) is 5.32 Å². The Morgan fingerprint density at radius 2 is 2.19 bits per heavy atom. The molecule has 1 saturated heterocycles. The van der Waals surface area contributed by atoms with Gasteiger partial charge in [-0.25, -0.2) is 13.2 Å². The average Bonchev–Trinajstić information content (AvgIpc) is 2.45. The molecule has 3 N–H and O–H groups in total. The molecule has 0 amide bonds. The van der Waals surface area contributed by atoms with E-state index in [-0.39, 0.29) is 24.0 Å². The summed E-state index contributed by atoms with van der Waals surface area (Å²) in [6.07, 6.45) is 0.602. The summed E-state index contributed by atoms with van der Waals surface area (Å²) in [6.45, 7) is 1.54. The van der Waals surface area contributed by atoms with Crippen LogP contribution in [0, 0.1) is 5.92 Å². The molecule has 0 spiro atoms. The lowest BCUT2D eigenvalue weighted by molar-refractivity contribution is -0.156. The molecule has 1 fully saturated rings. The van der Waals surface area contributed by atoms with Crippen LogP contribution in [0.2, 0.25) is 0 Å². The van der Waals surface area contributed by atoms with E-state index in [1.807, 2.05) is 0 Å². The van der Waals surface area contributed by atoms with Crippen molar-refractivity contribution < 1.29 is 23.4 Å². The van der Waals surface area contributed by atoms with Crippen LogP contribution in [-0.4, -0.2) is 54.8 Å². The second-order valence-electron chi connectivity index (χ2n) is 4.48. The highest BCUT2D eigenvalue weighted by Gasteiger charge is 2.31. The first-order valence-electron chi connectivity index (χ1n) is 5.10. The van der Waals surface area contributed by atoms with Crippen LogP contribution in [0.1, 0.15) is 13.3 Å². The number of hydrogen-bond donors (Lipinski definition) is 3. The lowest BCUT2D eigenvalue weighted by Crippen LogP contribution is -2.45. The zero-order valence-electron chi connectivity index (χ0n) is 9.14. The number of carboxylic acids is 1. The SMILES string of the molecule is CC(O)(CNCC1CCS(=O)(=O)C1)C(=O)O. The van der Waals surface area contributed by atoms with E-state index in [0.29, 0.717) is 13.0 Å². The van der Waals surface area contributed by atoms with E-state index in [4.69, 9.17) is 5.11 Å². The van der Waals surface area contributed by atoms with E-state index in [9.17, 15) is 18.3 Å². The Balaban J connectivity index is 2.30. The van der Waals surface area contributed by atoms with Gasteiger partial charge in [-0.2, -0.15) is 0 Å². The number of carbonyl (C=O) groups is 1. The third-order valence-electron chi connectivity index (χ3n) is 2.69. The second-order valence-corrected chi connectivity index (χ2v) is 6.71. The van der Waals surface area contributed by atoms with Gasteiger partial charge in [0.05, 0.1) is 11.5 Å². The van der Waals surface area contributed by atoms with Crippen molar-refractivity contribution in [3.63, 3.8) is 0 Å². The van der Waals surface area contributed by atoms with Gasteiger partial charge in [-0.05, 0) is 25.8 Å². The molecule has 0 aromatic rings. The number of hydrogen-bond acceptors (Lipinski definition) is 5. The van der Waals surface area contributed by atoms with Crippen LogP contribution >= 0.6 is 0 Å². The van der Waals surface area contributed by atoms with Gasteiger partial charge in [0, 0.05) is 6.54 Å². The van der Waals surface area contributed by atoms with Gasteiger partial charge in [-0.15, -0.1) is 0 Å². The molecule has 1 aliphatic heterocycles. The number of sulfone groups is 1. The van der Waals surface area contributed by atoms with Crippen LogP contribution in [-0.2, 0) is 14.6 Å². The van der Waals surface area contributed by atoms with E-state index < -0.39 is 21.4 Å². The average molecular weight is 251 g/mol.